The van der Waals surface area contributed by atoms with E-state index in [1.165, 1.54) is 5.57 Å². The van der Waals surface area contributed by atoms with Crippen LogP contribution >= 0.6 is 0 Å². The van der Waals surface area contributed by atoms with Crippen LogP contribution in [0.1, 0.15) is 127 Å². The predicted molar refractivity (Wildman–Crippen MR) is 222 cm³/mol. The third-order valence-electron chi connectivity index (χ3n) is 11.7. The zero-order chi connectivity index (χ0) is 40.3. The second kappa shape index (κ2) is 19.8. The summed E-state index contributed by atoms with van der Waals surface area (Å²) in [6, 6.07) is 5.72. The second-order valence-electron chi connectivity index (χ2n) is 18.6. The summed E-state index contributed by atoms with van der Waals surface area (Å²) in [5.74, 6) is 1.26. The van der Waals surface area contributed by atoms with E-state index < -0.39 is 46.1 Å². The van der Waals surface area contributed by atoms with Gasteiger partial charge in [0.2, 0.25) is 0 Å². The molecule has 0 aliphatic rings. The van der Waals surface area contributed by atoms with E-state index >= 15 is 0 Å². The first-order chi connectivity index (χ1) is 23.7. The second-order valence-corrected chi connectivity index (χ2v) is 28.1. The van der Waals surface area contributed by atoms with Crippen LogP contribution < -0.4 is 0 Å². The molecule has 0 unspecified atom stereocenters. The van der Waals surface area contributed by atoms with Gasteiger partial charge < -0.3 is 19.1 Å². The van der Waals surface area contributed by atoms with Crippen LogP contribution in [0.4, 0.5) is 0 Å². The van der Waals surface area contributed by atoms with Crippen molar-refractivity contribution in [2.45, 2.75) is 176 Å². The fourth-order valence-corrected chi connectivity index (χ4v) is 8.70. The van der Waals surface area contributed by atoms with Gasteiger partial charge in [0.1, 0.15) is 5.78 Å². The summed E-state index contributed by atoms with van der Waals surface area (Å²) in [7, 11) is -4.78. The number of carbonyl (C=O) groups is 2. The third-order valence-corrected chi connectivity index (χ3v) is 20.6. The lowest BCUT2D eigenvalue weighted by Crippen LogP contribution is -2.55. The van der Waals surface area contributed by atoms with Crippen LogP contribution in [-0.4, -0.2) is 61.9 Å². The highest BCUT2D eigenvalue weighted by Crippen LogP contribution is 2.45. The van der Waals surface area contributed by atoms with Gasteiger partial charge in [-0.15, -0.1) is 12.3 Å². The van der Waals surface area contributed by atoms with E-state index in [2.05, 4.69) is 98.6 Å². The van der Waals surface area contributed by atoms with Crippen molar-refractivity contribution >= 4 is 34.5 Å². The molecule has 0 bridgehead atoms. The number of hydrogen-bond donors (Lipinski definition) is 2. The van der Waals surface area contributed by atoms with Crippen molar-refractivity contribution in [3.05, 3.63) is 47.3 Å². The fourth-order valence-electron chi connectivity index (χ4n) is 5.83. The average molecular weight is 756 g/mol. The van der Waals surface area contributed by atoms with Crippen molar-refractivity contribution in [3.63, 3.8) is 0 Å². The van der Waals surface area contributed by atoms with E-state index in [0.29, 0.717) is 19.3 Å². The Bertz CT molecular complexity index is 1400. The van der Waals surface area contributed by atoms with Crippen molar-refractivity contribution in [1.29, 1.82) is 0 Å². The van der Waals surface area contributed by atoms with Gasteiger partial charge in [0.15, 0.2) is 16.6 Å². The molecule has 1 heterocycles. The van der Waals surface area contributed by atoms with Crippen molar-refractivity contribution in [3.8, 4) is 12.3 Å². The number of ketones is 1. The molecule has 1 rings (SSSR count). The number of hydrogen-bond acceptors (Lipinski definition) is 6. The number of aromatic nitrogens is 1. The van der Waals surface area contributed by atoms with Gasteiger partial charge in [0.05, 0.1) is 30.4 Å². The number of carbonyl (C=O) groups excluding carboxylic acids is 1. The Hall–Kier alpha value is -2.36. The maximum atomic E-state index is 15.0. The largest absolute Gasteiger partial charge is 0.481 e. The number of terminal acetylenes is 1. The van der Waals surface area contributed by atoms with E-state index in [-0.39, 0.29) is 34.3 Å². The quantitative estimate of drug-likeness (QED) is 0.0731. The first-order valence-corrected chi connectivity index (χ1v) is 25.0. The average Bonchev–Trinajstić information content (AvgIpc) is 3.01. The van der Waals surface area contributed by atoms with Crippen LogP contribution in [0.3, 0.4) is 0 Å². The van der Waals surface area contributed by atoms with Crippen LogP contribution in [-0.2, 0) is 18.4 Å². The molecule has 0 spiro atoms. The predicted octanol–water partition coefficient (Wildman–Crippen LogP) is 10.9. The van der Waals surface area contributed by atoms with Gasteiger partial charge in [-0.1, -0.05) is 80.0 Å². The van der Waals surface area contributed by atoms with Gasteiger partial charge in [-0.05, 0) is 112 Å². The highest BCUT2D eigenvalue weighted by atomic mass is 28.4. The van der Waals surface area contributed by atoms with Gasteiger partial charge in [0, 0.05) is 24.0 Å². The van der Waals surface area contributed by atoms with Gasteiger partial charge in [-0.3, -0.25) is 14.6 Å². The molecule has 0 aliphatic heterocycles. The van der Waals surface area contributed by atoms with Gasteiger partial charge in [-0.25, -0.2) is 0 Å². The monoisotopic (exact) mass is 755 g/mol. The van der Waals surface area contributed by atoms with Crippen LogP contribution in [0.2, 0.25) is 36.3 Å². The van der Waals surface area contributed by atoms with E-state index in [1.54, 1.807) is 6.20 Å². The molecular formula is C43H73NO6Si2. The number of carboxylic acid groups (broad SMARTS) is 1. The number of carboxylic acids is 1. The molecular weight excluding hydrogens is 683 g/mol. The first kappa shape index (κ1) is 47.7. The van der Waals surface area contributed by atoms with Gasteiger partial charge in [0.25, 0.3) is 0 Å². The number of nitrogens with zero attached hydrogens (tertiary/aromatic N) is 1. The molecule has 1 aromatic rings. The molecule has 294 valence electrons. The molecule has 0 saturated carbocycles. The van der Waals surface area contributed by atoms with Crippen molar-refractivity contribution < 1.29 is 28.7 Å². The minimum absolute atomic E-state index is 0.0394. The SMILES string of the molecule is C#CCC[C@@H](C(=O)C(C)(C)[C@H](CC(=O)O)O[Si](C)(C)C(C)(C)C)[C@@H](O[Si](C)(C)C(C)(C)C)[C@@H](C)CCC/C(C)=C/C[C@H](O)/C(C)=C/c1ccccn1. The summed E-state index contributed by atoms with van der Waals surface area (Å²) in [6.45, 7) is 31.5. The topological polar surface area (TPSA) is 106 Å². The number of allylic oxidation sites excluding steroid dienone is 1. The smallest absolute Gasteiger partial charge is 0.305 e. The lowest BCUT2D eigenvalue weighted by atomic mass is 9.71. The van der Waals surface area contributed by atoms with Crippen molar-refractivity contribution in [2.24, 2.45) is 17.3 Å². The first-order valence-electron chi connectivity index (χ1n) is 19.2. The van der Waals surface area contributed by atoms with E-state index in [4.69, 9.17) is 15.3 Å². The Morgan fingerprint density at radius 1 is 0.962 bits per heavy atom. The van der Waals surface area contributed by atoms with Crippen LogP contribution in [0.25, 0.3) is 6.08 Å². The highest BCUT2D eigenvalue weighted by Gasteiger charge is 2.50. The molecule has 0 aromatic carbocycles. The van der Waals surface area contributed by atoms with Crippen LogP contribution in [0, 0.1) is 29.6 Å². The van der Waals surface area contributed by atoms with E-state index in [1.807, 2.05) is 45.0 Å². The molecule has 5 atom stereocenters. The van der Waals surface area contributed by atoms with Gasteiger partial charge >= 0.3 is 5.97 Å². The van der Waals surface area contributed by atoms with Crippen LogP contribution in [0.5, 0.6) is 0 Å². The van der Waals surface area contributed by atoms with Gasteiger partial charge in [-0.2, -0.15) is 0 Å². The van der Waals surface area contributed by atoms with E-state index in [0.717, 1.165) is 30.5 Å². The Labute approximate surface area is 319 Å². The molecule has 1 aromatic heterocycles. The Morgan fingerprint density at radius 3 is 2.04 bits per heavy atom. The number of aliphatic hydroxyl groups excluding tert-OH is 1. The van der Waals surface area contributed by atoms with Crippen molar-refractivity contribution in [2.75, 3.05) is 0 Å². The number of pyridine rings is 1. The molecule has 52 heavy (non-hydrogen) atoms. The molecule has 0 aliphatic carbocycles. The van der Waals surface area contributed by atoms with E-state index in [9.17, 15) is 19.8 Å². The minimum Gasteiger partial charge on any atom is -0.481 e. The Balaban J connectivity index is 3.41. The molecule has 0 saturated heterocycles. The number of rotatable bonds is 21. The Morgan fingerprint density at radius 2 is 1.54 bits per heavy atom. The lowest BCUT2D eigenvalue weighted by molar-refractivity contribution is -0.147. The summed E-state index contributed by atoms with van der Waals surface area (Å²) in [4.78, 5) is 31.5. The zero-order valence-electron chi connectivity index (χ0n) is 35.4. The lowest BCUT2D eigenvalue weighted by Gasteiger charge is -2.47. The third kappa shape index (κ3) is 14.5. The summed E-state index contributed by atoms with van der Waals surface area (Å²) < 4.78 is 14.0. The minimum atomic E-state index is -2.43. The normalized spacial score (nSPS) is 16.8. The molecule has 0 fully saturated rings. The maximum Gasteiger partial charge on any atom is 0.305 e. The number of Topliss-reactive ketones (excluding diaryl/α,β-unsaturated/α-hetero) is 1. The summed E-state index contributed by atoms with van der Waals surface area (Å²) in [5.41, 5.74) is 1.81. The number of aliphatic carboxylic acids is 1. The van der Waals surface area contributed by atoms with Crippen LogP contribution in [0.15, 0.2) is 41.6 Å². The zero-order valence-corrected chi connectivity index (χ0v) is 37.4. The molecule has 9 heteroatoms. The summed E-state index contributed by atoms with van der Waals surface area (Å²) >= 11 is 0. The molecule has 0 amide bonds. The summed E-state index contributed by atoms with van der Waals surface area (Å²) in [6.07, 6.45) is 13.6. The molecule has 2 N–H and O–H groups in total. The standard InChI is InChI=1S/C43H73NO6Si2/c1-17-18-25-35(40(48)43(11,12)37(30-38(46)47)49-51(13,14)41(5,6)7)39(50-52(15,16)42(8,9)10)32(3)23-21-22-31(2)26-27-36(45)33(4)29-34-24-19-20-28-44-34/h1,19-20,24,26,28-29,32,35-37,39,45H,18,21-23,25,27,30H2,2-16H3,(H,46,47)/b31-26+,33-29+/t32-,35+,36-,37-,39-/m0/s1. The maximum absolute atomic E-state index is 15.0. The molecule has 0 radical (unpaired) electrons. The summed E-state index contributed by atoms with van der Waals surface area (Å²) in [5, 5.41) is 20.5. The Kier molecular flexibility index (Phi) is 18.2. The molecule has 7 nitrogen and oxygen atoms in total. The highest BCUT2D eigenvalue weighted by molar-refractivity contribution is 6.74. The van der Waals surface area contributed by atoms with Crippen molar-refractivity contribution in [1.82, 2.24) is 4.98 Å². The number of aliphatic hydroxyl groups is 1. The fraction of sp³-hybridized carbons (Fsp3) is 0.698.